The predicted octanol–water partition coefficient (Wildman–Crippen LogP) is 0.893. The molecule has 0 spiro atoms. The van der Waals surface area contributed by atoms with Gasteiger partial charge in [-0.25, -0.2) is 9.18 Å². The lowest BCUT2D eigenvalue weighted by molar-refractivity contribution is -0.136. The molecule has 0 fully saturated rings. The summed E-state index contributed by atoms with van der Waals surface area (Å²) in [6, 6.07) is 0. The van der Waals surface area contributed by atoms with Crippen LogP contribution in [0, 0.1) is 0 Å². The first-order chi connectivity index (χ1) is 6.06. The van der Waals surface area contributed by atoms with Crippen molar-refractivity contribution < 1.29 is 23.8 Å². The molecule has 0 aliphatic carbocycles. The third kappa shape index (κ3) is 7.04. The van der Waals surface area contributed by atoms with Crippen LogP contribution in [0.5, 0.6) is 0 Å². The van der Waals surface area contributed by atoms with Gasteiger partial charge in [-0.15, -0.1) is 0 Å². The smallest absolute Gasteiger partial charge is 0.410 e. The molecule has 0 heterocycles. The minimum absolute atomic E-state index is 0.112. The van der Waals surface area contributed by atoms with Crippen molar-refractivity contribution in [2.24, 2.45) is 0 Å². The van der Waals surface area contributed by atoms with Gasteiger partial charge in [-0.05, 0) is 6.42 Å². The number of rotatable bonds is 5. The Hall–Kier alpha value is -1.33. The number of hydrogen-bond acceptors (Lipinski definition) is 3. The minimum Gasteiger partial charge on any atom is -0.480 e. The van der Waals surface area contributed by atoms with Crippen LogP contribution in [0.2, 0.25) is 0 Å². The van der Waals surface area contributed by atoms with Crippen LogP contribution in [-0.4, -0.2) is 30.1 Å². The summed E-state index contributed by atoms with van der Waals surface area (Å²) in [7, 11) is 0. The van der Waals surface area contributed by atoms with Gasteiger partial charge in [-0.2, -0.15) is 0 Å². The van der Waals surface area contributed by atoms with Gasteiger partial charge in [-0.3, -0.25) is 4.79 Å². The number of carboxylic acid groups (broad SMARTS) is 1. The summed E-state index contributed by atoms with van der Waals surface area (Å²) in [6.07, 6.45) is -2.06. The van der Waals surface area contributed by atoms with Crippen molar-refractivity contribution in [3.8, 4) is 0 Å². The molecule has 13 heavy (non-hydrogen) atoms. The minimum atomic E-state index is -1.67. The Balaban J connectivity index is 3.55. The summed E-state index contributed by atoms with van der Waals surface area (Å²) in [5.41, 5.74) is 0. The largest absolute Gasteiger partial charge is 0.480 e. The summed E-state index contributed by atoms with van der Waals surface area (Å²) in [5, 5.41) is 10.0. The first kappa shape index (κ1) is 11.7. The molecular formula is C7H12FNO4. The molecule has 1 unspecified atom stereocenters. The molecule has 0 aliphatic rings. The number of alkyl halides is 1. The summed E-state index contributed by atoms with van der Waals surface area (Å²) in [4.78, 5) is 20.5. The van der Waals surface area contributed by atoms with Crippen LogP contribution >= 0.6 is 0 Å². The highest BCUT2D eigenvalue weighted by Gasteiger charge is 2.11. The topological polar surface area (TPSA) is 75.6 Å². The number of amides is 1. The molecule has 0 bridgehead atoms. The molecule has 0 radical (unpaired) electrons. The standard InChI is InChI=1S/C7H12FNO4/c1-2-3-5(8)13-7(12)9-4-6(10)11/h5H,2-4H2,1H3,(H,9,12)(H,10,11). The predicted molar refractivity (Wildman–Crippen MR) is 41.9 cm³/mol. The molecule has 0 aromatic rings. The molecule has 1 atom stereocenters. The van der Waals surface area contributed by atoms with E-state index in [1.54, 1.807) is 6.92 Å². The summed E-state index contributed by atoms with van der Waals surface area (Å²) >= 11 is 0. The highest BCUT2D eigenvalue weighted by Crippen LogP contribution is 2.02. The van der Waals surface area contributed by atoms with E-state index in [0.717, 1.165) is 0 Å². The summed E-state index contributed by atoms with van der Waals surface area (Å²) < 4.78 is 16.7. The molecule has 0 saturated carbocycles. The molecular weight excluding hydrogens is 181 g/mol. The fraction of sp³-hybridized carbons (Fsp3) is 0.714. The normalized spacial score (nSPS) is 11.8. The number of halogens is 1. The van der Waals surface area contributed by atoms with Crippen molar-refractivity contribution in [1.29, 1.82) is 0 Å². The third-order valence-electron chi connectivity index (χ3n) is 1.13. The second-order valence-electron chi connectivity index (χ2n) is 2.35. The Labute approximate surface area is 74.9 Å². The lowest BCUT2D eigenvalue weighted by Crippen LogP contribution is -2.31. The number of carboxylic acids is 1. The van der Waals surface area contributed by atoms with Crippen molar-refractivity contribution in [3.63, 3.8) is 0 Å². The monoisotopic (exact) mass is 193 g/mol. The number of hydrogen-bond donors (Lipinski definition) is 2. The Morgan fingerprint density at radius 1 is 1.62 bits per heavy atom. The second kappa shape index (κ2) is 6.22. The zero-order chi connectivity index (χ0) is 10.3. The summed E-state index contributed by atoms with van der Waals surface area (Å²) in [6.45, 7) is 1.17. The van der Waals surface area contributed by atoms with E-state index in [1.165, 1.54) is 0 Å². The quantitative estimate of drug-likeness (QED) is 0.679. The maximum atomic E-state index is 12.5. The molecule has 6 heteroatoms. The highest BCUT2D eigenvalue weighted by atomic mass is 19.1. The number of aliphatic carboxylic acids is 1. The maximum absolute atomic E-state index is 12.5. The Bertz CT molecular complexity index is 185. The Kier molecular flexibility index (Phi) is 5.58. The van der Waals surface area contributed by atoms with E-state index in [4.69, 9.17) is 5.11 Å². The lowest BCUT2D eigenvalue weighted by atomic mass is 10.3. The van der Waals surface area contributed by atoms with Crippen LogP contribution in [-0.2, 0) is 9.53 Å². The van der Waals surface area contributed by atoms with Gasteiger partial charge in [0, 0.05) is 6.42 Å². The van der Waals surface area contributed by atoms with Crippen molar-refractivity contribution in [1.82, 2.24) is 5.32 Å². The van der Waals surface area contributed by atoms with Crippen LogP contribution in [0.15, 0.2) is 0 Å². The molecule has 0 saturated heterocycles. The molecule has 1 amide bonds. The zero-order valence-corrected chi connectivity index (χ0v) is 7.25. The first-order valence-corrected chi connectivity index (χ1v) is 3.86. The molecule has 2 N–H and O–H groups in total. The Morgan fingerprint density at radius 3 is 2.69 bits per heavy atom. The number of alkyl carbamates (subject to hydrolysis) is 1. The molecule has 0 aromatic heterocycles. The number of nitrogens with one attached hydrogen (secondary N) is 1. The number of carbonyl (C=O) groups is 2. The third-order valence-corrected chi connectivity index (χ3v) is 1.13. The molecule has 76 valence electrons. The van der Waals surface area contributed by atoms with Crippen LogP contribution in [0.25, 0.3) is 0 Å². The van der Waals surface area contributed by atoms with Crippen LogP contribution in [0.1, 0.15) is 19.8 Å². The van der Waals surface area contributed by atoms with E-state index < -0.39 is 25.0 Å². The van der Waals surface area contributed by atoms with Gasteiger partial charge in [-0.1, -0.05) is 6.92 Å². The van der Waals surface area contributed by atoms with Crippen LogP contribution in [0.4, 0.5) is 9.18 Å². The zero-order valence-electron chi connectivity index (χ0n) is 7.25. The maximum Gasteiger partial charge on any atom is 0.410 e. The fourth-order valence-corrected chi connectivity index (χ4v) is 0.591. The number of ether oxygens (including phenoxy) is 1. The van der Waals surface area contributed by atoms with Gasteiger partial charge < -0.3 is 15.2 Å². The Morgan fingerprint density at radius 2 is 2.23 bits per heavy atom. The molecule has 0 aliphatic heterocycles. The van der Waals surface area contributed by atoms with Crippen molar-refractivity contribution >= 4 is 12.1 Å². The lowest BCUT2D eigenvalue weighted by Gasteiger charge is -2.08. The van der Waals surface area contributed by atoms with Gasteiger partial charge in [0.1, 0.15) is 6.54 Å². The molecule has 0 rings (SSSR count). The van der Waals surface area contributed by atoms with Gasteiger partial charge in [0.05, 0.1) is 0 Å². The molecule has 0 aromatic carbocycles. The second-order valence-corrected chi connectivity index (χ2v) is 2.35. The highest BCUT2D eigenvalue weighted by molar-refractivity contribution is 5.76. The number of carbonyl (C=O) groups excluding carboxylic acids is 1. The van der Waals surface area contributed by atoms with Crippen LogP contribution in [0.3, 0.4) is 0 Å². The van der Waals surface area contributed by atoms with Crippen molar-refractivity contribution in [2.45, 2.75) is 26.1 Å². The average Bonchev–Trinajstić information content (AvgIpc) is 2.01. The summed E-state index contributed by atoms with van der Waals surface area (Å²) in [5.74, 6) is -1.21. The van der Waals surface area contributed by atoms with Gasteiger partial charge in [0.2, 0.25) is 6.36 Å². The van der Waals surface area contributed by atoms with E-state index >= 15 is 0 Å². The van der Waals surface area contributed by atoms with Crippen LogP contribution < -0.4 is 5.32 Å². The average molecular weight is 193 g/mol. The van der Waals surface area contributed by atoms with E-state index in [0.29, 0.717) is 6.42 Å². The fourth-order valence-electron chi connectivity index (χ4n) is 0.591. The van der Waals surface area contributed by atoms with Gasteiger partial charge in [0.15, 0.2) is 0 Å². The first-order valence-electron chi connectivity index (χ1n) is 3.86. The van der Waals surface area contributed by atoms with E-state index in [9.17, 15) is 14.0 Å². The van der Waals surface area contributed by atoms with E-state index in [-0.39, 0.29) is 6.42 Å². The SMILES string of the molecule is CCCC(F)OC(=O)NCC(=O)O. The molecule has 5 nitrogen and oxygen atoms in total. The van der Waals surface area contributed by atoms with E-state index in [1.807, 2.05) is 5.32 Å². The van der Waals surface area contributed by atoms with Gasteiger partial charge in [0.25, 0.3) is 0 Å². The van der Waals surface area contributed by atoms with Crippen molar-refractivity contribution in [3.05, 3.63) is 0 Å². The van der Waals surface area contributed by atoms with Gasteiger partial charge >= 0.3 is 12.1 Å². The van der Waals surface area contributed by atoms with Crippen molar-refractivity contribution in [2.75, 3.05) is 6.54 Å². The van der Waals surface area contributed by atoms with E-state index in [2.05, 4.69) is 4.74 Å².